The first kappa shape index (κ1) is 8.01. The van der Waals surface area contributed by atoms with Crippen LogP contribution in [0.1, 0.15) is 11.6 Å². The fourth-order valence-corrected chi connectivity index (χ4v) is 1.58. The fourth-order valence-electron chi connectivity index (χ4n) is 0.623. The fraction of sp³-hybridized carbons (Fsp3) is 0.333. The highest BCUT2D eigenvalue weighted by atomic mass is 35.5. The first-order chi connectivity index (χ1) is 4.74. The molecule has 2 nitrogen and oxygen atoms in total. The van der Waals surface area contributed by atoms with Crippen molar-refractivity contribution in [2.75, 3.05) is 6.61 Å². The highest BCUT2D eigenvalue weighted by molar-refractivity contribution is 7.14. The number of hydrogen-bond donors (Lipinski definition) is 2. The van der Waals surface area contributed by atoms with Crippen molar-refractivity contribution < 1.29 is 5.11 Å². The number of hydrogen-bond acceptors (Lipinski definition) is 3. The van der Waals surface area contributed by atoms with Crippen LogP contribution in [0.15, 0.2) is 11.4 Å². The molecule has 0 aromatic carbocycles. The summed E-state index contributed by atoms with van der Waals surface area (Å²) in [7, 11) is 0. The van der Waals surface area contributed by atoms with Crippen LogP contribution in [-0.4, -0.2) is 11.7 Å². The van der Waals surface area contributed by atoms with Crippen LogP contribution >= 0.6 is 22.9 Å². The summed E-state index contributed by atoms with van der Waals surface area (Å²) in [5.41, 5.74) is 6.41. The van der Waals surface area contributed by atoms with E-state index in [0.717, 1.165) is 5.56 Å². The van der Waals surface area contributed by atoms with Crippen LogP contribution in [0.2, 0.25) is 4.34 Å². The SMILES string of the molecule is NC(CO)c1csc(Cl)c1. The van der Waals surface area contributed by atoms with E-state index in [2.05, 4.69) is 0 Å². The molecule has 1 rings (SSSR count). The molecule has 10 heavy (non-hydrogen) atoms. The van der Waals surface area contributed by atoms with Crippen LogP contribution in [0.25, 0.3) is 0 Å². The van der Waals surface area contributed by atoms with E-state index in [1.165, 1.54) is 11.3 Å². The normalized spacial score (nSPS) is 13.5. The molecule has 1 aromatic heterocycles. The number of halogens is 1. The third-order valence-corrected chi connectivity index (χ3v) is 2.32. The molecule has 0 aliphatic rings. The van der Waals surface area contributed by atoms with Gasteiger partial charge in [0.15, 0.2) is 0 Å². The number of aliphatic hydroxyl groups excluding tert-OH is 1. The van der Waals surface area contributed by atoms with Crippen molar-refractivity contribution in [2.24, 2.45) is 5.73 Å². The molecule has 0 aliphatic carbocycles. The summed E-state index contributed by atoms with van der Waals surface area (Å²) in [6.45, 7) is -0.0347. The topological polar surface area (TPSA) is 46.2 Å². The van der Waals surface area contributed by atoms with Gasteiger partial charge in [-0.15, -0.1) is 11.3 Å². The van der Waals surface area contributed by atoms with E-state index in [4.69, 9.17) is 22.4 Å². The molecule has 1 atom stereocenters. The minimum Gasteiger partial charge on any atom is -0.394 e. The van der Waals surface area contributed by atoms with Gasteiger partial charge in [-0.2, -0.15) is 0 Å². The second-order valence-corrected chi connectivity index (χ2v) is 3.52. The van der Waals surface area contributed by atoms with Crippen molar-refractivity contribution in [3.63, 3.8) is 0 Å². The number of rotatable bonds is 2. The van der Waals surface area contributed by atoms with Gasteiger partial charge in [0, 0.05) is 0 Å². The Labute approximate surface area is 68.2 Å². The third-order valence-electron chi connectivity index (χ3n) is 1.21. The van der Waals surface area contributed by atoms with E-state index in [1.54, 1.807) is 6.07 Å². The molecule has 1 unspecified atom stereocenters. The molecule has 0 spiro atoms. The van der Waals surface area contributed by atoms with Crippen molar-refractivity contribution >= 4 is 22.9 Å². The summed E-state index contributed by atoms with van der Waals surface area (Å²) < 4.78 is 0.707. The molecule has 0 radical (unpaired) electrons. The van der Waals surface area contributed by atoms with Crippen molar-refractivity contribution in [3.8, 4) is 0 Å². The summed E-state index contributed by atoms with van der Waals surface area (Å²) in [5.74, 6) is 0. The number of thiophene rings is 1. The summed E-state index contributed by atoms with van der Waals surface area (Å²) in [6, 6.07) is 1.48. The monoisotopic (exact) mass is 177 g/mol. The predicted octanol–water partition coefficient (Wildman–Crippen LogP) is 1.39. The van der Waals surface area contributed by atoms with Gasteiger partial charge in [0.25, 0.3) is 0 Å². The lowest BCUT2D eigenvalue weighted by Gasteiger charge is -2.02. The first-order valence-corrected chi connectivity index (χ1v) is 4.10. The molecular formula is C6H8ClNOS. The summed E-state index contributed by atoms with van der Waals surface area (Å²) in [6.07, 6.45) is 0. The second kappa shape index (κ2) is 3.34. The van der Waals surface area contributed by atoms with Crippen LogP contribution in [-0.2, 0) is 0 Å². The molecular weight excluding hydrogens is 170 g/mol. The molecule has 4 heteroatoms. The number of nitrogens with two attached hydrogens (primary N) is 1. The van der Waals surface area contributed by atoms with E-state index < -0.39 is 0 Å². The molecule has 0 aliphatic heterocycles. The van der Waals surface area contributed by atoms with Gasteiger partial charge >= 0.3 is 0 Å². The van der Waals surface area contributed by atoms with Gasteiger partial charge in [-0.3, -0.25) is 0 Å². The van der Waals surface area contributed by atoms with Gasteiger partial charge < -0.3 is 10.8 Å². The Morgan fingerprint density at radius 2 is 2.50 bits per heavy atom. The van der Waals surface area contributed by atoms with Crippen molar-refractivity contribution in [1.82, 2.24) is 0 Å². The number of aliphatic hydroxyl groups is 1. The summed E-state index contributed by atoms with van der Waals surface area (Å²) in [5, 5.41) is 10.5. The van der Waals surface area contributed by atoms with E-state index in [1.807, 2.05) is 5.38 Å². The Hall–Kier alpha value is -0.0900. The Morgan fingerprint density at radius 1 is 1.80 bits per heavy atom. The zero-order valence-corrected chi connectivity index (χ0v) is 6.82. The van der Waals surface area contributed by atoms with Crippen LogP contribution in [0.5, 0.6) is 0 Å². The molecule has 0 saturated carbocycles. The van der Waals surface area contributed by atoms with Crippen LogP contribution in [0, 0.1) is 0 Å². The Bertz CT molecular complexity index is 213. The molecule has 0 bridgehead atoms. The molecule has 0 fully saturated rings. The molecule has 56 valence electrons. The smallest absolute Gasteiger partial charge is 0.0931 e. The second-order valence-electron chi connectivity index (χ2n) is 1.97. The maximum Gasteiger partial charge on any atom is 0.0931 e. The zero-order valence-electron chi connectivity index (χ0n) is 5.25. The summed E-state index contributed by atoms with van der Waals surface area (Å²) in [4.78, 5) is 0. The summed E-state index contributed by atoms with van der Waals surface area (Å²) >= 11 is 7.07. The minimum absolute atomic E-state index is 0.0347. The molecule has 3 N–H and O–H groups in total. The molecule has 0 saturated heterocycles. The third kappa shape index (κ3) is 1.70. The maximum atomic E-state index is 8.63. The minimum atomic E-state index is -0.288. The van der Waals surface area contributed by atoms with Crippen LogP contribution in [0.4, 0.5) is 0 Å². The van der Waals surface area contributed by atoms with Crippen molar-refractivity contribution in [3.05, 3.63) is 21.3 Å². The van der Waals surface area contributed by atoms with Gasteiger partial charge in [0.1, 0.15) is 0 Å². The maximum absolute atomic E-state index is 8.63. The van der Waals surface area contributed by atoms with Gasteiger partial charge in [-0.1, -0.05) is 11.6 Å². The van der Waals surface area contributed by atoms with E-state index >= 15 is 0 Å². The van der Waals surface area contributed by atoms with Crippen molar-refractivity contribution in [1.29, 1.82) is 0 Å². The van der Waals surface area contributed by atoms with Crippen LogP contribution < -0.4 is 5.73 Å². The highest BCUT2D eigenvalue weighted by Gasteiger charge is 2.05. The quantitative estimate of drug-likeness (QED) is 0.718. The Balaban J connectivity index is 2.74. The Morgan fingerprint density at radius 3 is 2.90 bits per heavy atom. The Kier molecular flexibility index (Phi) is 2.68. The largest absolute Gasteiger partial charge is 0.394 e. The van der Waals surface area contributed by atoms with E-state index in [0.29, 0.717) is 4.34 Å². The first-order valence-electron chi connectivity index (χ1n) is 2.84. The average Bonchev–Trinajstić information content (AvgIpc) is 2.34. The lowest BCUT2D eigenvalue weighted by molar-refractivity contribution is 0.268. The lowest BCUT2D eigenvalue weighted by atomic mass is 10.2. The lowest BCUT2D eigenvalue weighted by Crippen LogP contribution is -2.13. The molecule has 0 amide bonds. The van der Waals surface area contributed by atoms with Crippen LogP contribution in [0.3, 0.4) is 0 Å². The van der Waals surface area contributed by atoms with Gasteiger partial charge in [0.2, 0.25) is 0 Å². The van der Waals surface area contributed by atoms with Gasteiger partial charge in [-0.05, 0) is 17.0 Å². The standard InChI is InChI=1S/C6H8ClNOS/c7-6-1-4(3-10-6)5(8)2-9/h1,3,5,9H,2,8H2. The highest BCUT2D eigenvalue weighted by Crippen LogP contribution is 2.23. The van der Waals surface area contributed by atoms with E-state index in [-0.39, 0.29) is 12.6 Å². The molecule has 1 heterocycles. The predicted molar refractivity (Wildman–Crippen MR) is 43.3 cm³/mol. The van der Waals surface area contributed by atoms with Crippen molar-refractivity contribution in [2.45, 2.75) is 6.04 Å². The van der Waals surface area contributed by atoms with Gasteiger partial charge in [0.05, 0.1) is 17.0 Å². The molecule has 1 aromatic rings. The zero-order chi connectivity index (χ0) is 7.56. The van der Waals surface area contributed by atoms with Gasteiger partial charge in [-0.25, -0.2) is 0 Å². The average molecular weight is 178 g/mol. The van der Waals surface area contributed by atoms with E-state index in [9.17, 15) is 0 Å².